The van der Waals surface area contributed by atoms with Gasteiger partial charge in [0.1, 0.15) is 37.0 Å². The van der Waals surface area contributed by atoms with Crippen molar-refractivity contribution in [3.8, 4) is 5.75 Å². The lowest BCUT2D eigenvalue weighted by molar-refractivity contribution is -0.150. The molecule has 3 heterocycles. The molecule has 38 heavy (non-hydrogen) atoms. The van der Waals surface area contributed by atoms with E-state index in [9.17, 15) is 20.1 Å². The summed E-state index contributed by atoms with van der Waals surface area (Å²) < 4.78 is 12.8. The molecule has 1 saturated heterocycles. The maximum Gasteiger partial charge on any atom is 0.305 e. The van der Waals surface area contributed by atoms with Crippen molar-refractivity contribution in [2.75, 3.05) is 11.9 Å². The number of nitrogens with one attached hydrogen (secondary N) is 1. The fraction of sp³-hybridized carbons (Fsp3) is 0.556. The highest BCUT2D eigenvalue weighted by atomic mass is 16.6. The quantitative estimate of drug-likeness (QED) is 0.181. The monoisotopic (exact) mass is 527 g/mol. The molecule has 0 radical (unpaired) electrons. The van der Waals surface area contributed by atoms with E-state index in [4.69, 9.17) is 9.47 Å². The number of phenols is 1. The summed E-state index contributed by atoms with van der Waals surface area (Å²) in [5.41, 5.74) is 1.83. The van der Waals surface area contributed by atoms with Gasteiger partial charge in [0.15, 0.2) is 23.2 Å². The van der Waals surface area contributed by atoms with Gasteiger partial charge in [-0.1, -0.05) is 57.6 Å². The first kappa shape index (κ1) is 27.7. The van der Waals surface area contributed by atoms with E-state index in [-0.39, 0.29) is 18.3 Å². The molecule has 11 nitrogen and oxygen atoms in total. The second kappa shape index (κ2) is 13.5. The average molecular weight is 528 g/mol. The number of carbonyl (C=O) groups is 1. The maximum absolute atomic E-state index is 12.2. The number of carbonyl (C=O) groups excluding carboxylic acids is 1. The van der Waals surface area contributed by atoms with Crippen LogP contribution < -0.4 is 5.32 Å². The van der Waals surface area contributed by atoms with Crippen LogP contribution in [0, 0.1) is 0 Å². The number of anilines is 1. The zero-order valence-electron chi connectivity index (χ0n) is 21.7. The number of hydrogen-bond donors (Lipinski definition) is 4. The third-order valence-corrected chi connectivity index (χ3v) is 6.76. The van der Waals surface area contributed by atoms with Gasteiger partial charge in [0.2, 0.25) is 0 Å². The van der Waals surface area contributed by atoms with E-state index in [1.54, 1.807) is 24.3 Å². The number of rotatable bonds is 14. The smallest absolute Gasteiger partial charge is 0.305 e. The van der Waals surface area contributed by atoms with Crippen LogP contribution in [0.25, 0.3) is 11.2 Å². The van der Waals surface area contributed by atoms with Crippen LogP contribution in [-0.2, 0) is 20.8 Å². The second-order valence-electron chi connectivity index (χ2n) is 9.67. The van der Waals surface area contributed by atoms with Gasteiger partial charge in [0.25, 0.3) is 0 Å². The van der Waals surface area contributed by atoms with Gasteiger partial charge >= 0.3 is 5.97 Å². The first-order chi connectivity index (χ1) is 18.5. The SMILES string of the molecule is CCCCCCCCCC(=O)OC[C@H]1O[C@@H](n2cnc3c(NCc4ccc(O)cc4)ncnc32)[C@H](O)[C@@H]1O. The van der Waals surface area contributed by atoms with E-state index >= 15 is 0 Å². The van der Waals surface area contributed by atoms with Gasteiger partial charge in [-0.15, -0.1) is 0 Å². The fourth-order valence-corrected chi connectivity index (χ4v) is 4.54. The Balaban J connectivity index is 1.30. The van der Waals surface area contributed by atoms with Gasteiger partial charge in [0.05, 0.1) is 6.33 Å². The predicted molar refractivity (Wildman–Crippen MR) is 140 cm³/mol. The third-order valence-electron chi connectivity index (χ3n) is 6.76. The largest absolute Gasteiger partial charge is 0.508 e. The number of unbranched alkanes of at least 4 members (excludes halogenated alkanes) is 6. The lowest BCUT2D eigenvalue weighted by atomic mass is 10.1. The van der Waals surface area contributed by atoms with Gasteiger partial charge in [0, 0.05) is 13.0 Å². The van der Waals surface area contributed by atoms with Crippen LogP contribution in [0.4, 0.5) is 5.82 Å². The highest BCUT2D eigenvalue weighted by molar-refractivity contribution is 5.82. The number of fused-ring (bicyclic) bond motifs is 1. The molecule has 0 bridgehead atoms. The van der Waals surface area contributed by atoms with Crippen LogP contribution in [-0.4, -0.2) is 65.7 Å². The number of aromatic hydroxyl groups is 1. The first-order valence-corrected chi connectivity index (χ1v) is 13.3. The Morgan fingerprint density at radius 2 is 1.76 bits per heavy atom. The lowest BCUT2D eigenvalue weighted by Crippen LogP contribution is -2.34. The minimum atomic E-state index is -1.26. The van der Waals surface area contributed by atoms with Gasteiger partial charge in [-0.25, -0.2) is 15.0 Å². The molecule has 1 aliphatic heterocycles. The van der Waals surface area contributed by atoms with Crippen LogP contribution in [0.2, 0.25) is 0 Å². The number of imidazole rings is 1. The molecule has 0 amide bonds. The number of hydrogen-bond acceptors (Lipinski definition) is 10. The van der Waals surface area contributed by atoms with Crippen LogP contribution >= 0.6 is 0 Å². The fourth-order valence-electron chi connectivity index (χ4n) is 4.54. The minimum absolute atomic E-state index is 0.148. The van der Waals surface area contributed by atoms with E-state index in [1.807, 2.05) is 0 Å². The van der Waals surface area contributed by atoms with Crippen molar-refractivity contribution in [2.24, 2.45) is 0 Å². The lowest BCUT2D eigenvalue weighted by Gasteiger charge is -2.16. The molecule has 206 valence electrons. The topological polar surface area (TPSA) is 152 Å². The van der Waals surface area contributed by atoms with E-state index in [0.29, 0.717) is 29.9 Å². The number of nitrogens with zero attached hydrogens (tertiary/aromatic N) is 4. The minimum Gasteiger partial charge on any atom is -0.508 e. The summed E-state index contributed by atoms with van der Waals surface area (Å²) in [6.45, 7) is 2.49. The Hall–Kier alpha value is -3.28. The van der Waals surface area contributed by atoms with Crippen molar-refractivity contribution in [3.05, 3.63) is 42.5 Å². The van der Waals surface area contributed by atoms with Crippen molar-refractivity contribution < 1.29 is 29.6 Å². The molecule has 0 saturated carbocycles. The van der Waals surface area contributed by atoms with Crippen molar-refractivity contribution >= 4 is 23.0 Å². The molecule has 2 aromatic heterocycles. The normalized spacial score (nSPS) is 21.1. The maximum atomic E-state index is 12.2. The number of aromatic nitrogens is 4. The highest BCUT2D eigenvalue weighted by Crippen LogP contribution is 2.32. The number of ether oxygens (including phenoxy) is 2. The summed E-state index contributed by atoms with van der Waals surface area (Å²) in [6, 6.07) is 6.81. The molecule has 4 rings (SSSR count). The number of aliphatic hydroxyl groups excluding tert-OH is 2. The molecule has 1 aromatic carbocycles. The Labute approximate surface area is 221 Å². The van der Waals surface area contributed by atoms with E-state index in [2.05, 4.69) is 27.2 Å². The van der Waals surface area contributed by atoms with Crippen LogP contribution in [0.5, 0.6) is 5.75 Å². The van der Waals surface area contributed by atoms with E-state index < -0.39 is 24.5 Å². The van der Waals surface area contributed by atoms with Crippen LogP contribution in [0.3, 0.4) is 0 Å². The molecule has 0 unspecified atom stereocenters. The Morgan fingerprint density at radius 1 is 1.03 bits per heavy atom. The Bertz CT molecular complexity index is 1170. The molecule has 11 heteroatoms. The summed E-state index contributed by atoms with van der Waals surface area (Å²) in [7, 11) is 0. The summed E-state index contributed by atoms with van der Waals surface area (Å²) in [5.74, 6) is 0.346. The van der Waals surface area contributed by atoms with Gasteiger partial charge < -0.3 is 30.1 Å². The summed E-state index contributed by atoms with van der Waals surface area (Å²) in [5, 5.41) is 33.9. The summed E-state index contributed by atoms with van der Waals surface area (Å²) >= 11 is 0. The third kappa shape index (κ3) is 6.97. The van der Waals surface area contributed by atoms with Gasteiger partial charge in [-0.05, 0) is 24.1 Å². The Kier molecular flexibility index (Phi) is 9.85. The molecule has 1 aliphatic rings. The second-order valence-corrected chi connectivity index (χ2v) is 9.67. The molecule has 4 atom stereocenters. The number of phenolic OH excluding ortho intramolecular Hbond substituents is 1. The number of esters is 1. The van der Waals surface area contributed by atoms with Gasteiger partial charge in [-0.2, -0.15) is 0 Å². The standard InChI is InChI=1S/C27H37N5O6/c1-2-3-4-5-6-7-8-9-21(34)37-15-20-23(35)24(36)27(38-20)32-17-31-22-25(29-16-30-26(22)32)28-14-18-10-12-19(33)13-11-18/h10-13,16-17,20,23-24,27,33,35-36H,2-9,14-15H2,1H3,(H,28,29,30)/t20-,23-,24-,27-/m1/s1. The first-order valence-electron chi connectivity index (χ1n) is 13.3. The van der Waals surface area contributed by atoms with E-state index in [1.165, 1.54) is 42.9 Å². The zero-order chi connectivity index (χ0) is 26.9. The number of benzene rings is 1. The molecule has 0 spiro atoms. The molecule has 3 aromatic rings. The van der Waals surface area contributed by atoms with Crippen molar-refractivity contribution in [2.45, 2.75) is 89.4 Å². The molecule has 4 N–H and O–H groups in total. The molecular weight excluding hydrogens is 490 g/mol. The average Bonchev–Trinajstić information content (AvgIpc) is 3.47. The molecule has 1 fully saturated rings. The molecular formula is C27H37N5O6. The predicted octanol–water partition coefficient (Wildman–Crippen LogP) is 3.45. The van der Waals surface area contributed by atoms with Gasteiger partial charge in [-0.3, -0.25) is 9.36 Å². The zero-order valence-corrected chi connectivity index (χ0v) is 21.7. The summed E-state index contributed by atoms with van der Waals surface area (Å²) in [4.78, 5) is 25.1. The van der Waals surface area contributed by atoms with Crippen molar-refractivity contribution in [1.29, 1.82) is 0 Å². The van der Waals surface area contributed by atoms with E-state index in [0.717, 1.165) is 24.8 Å². The van der Waals surface area contributed by atoms with Crippen molar-refractivity contribution in [1.82, 2.24) is 19.5 Å². The van der Waals surface area contributed by atoms with Crippen molar-refractivity contribution in [3.63, 3.8) is 0 Å². The number of aliphatic hydroxyl groups is 2. The Morgan fingerprint density at radius 3 is 2.53 bits per heavy atom. The summed E-state index contributed by atoms with van der Waals surface area (Å²) in [6.07, 6.45) is 6.60. The van der Waals surface area contributed by atoms with Crippen LogP contribution in [0.15, 0.2) is 36.9 Å². The van der Waals surface area contributed by atoms with Crippen LogP contribution in [0.1, 0.15) is 70.1 Å². The highest BCUT2D eigenvalue weighted by Gasteiger charge is 2.45. The molecule has 0 aliphatic carbocycles.